The van der Waals surface area contributed by atoms with E-state index in [1.165, 1.54) is 6.92 Å². The van der Waals surface area contributed by atoms with Crippen molar-refractivity contribution in [2.45, 2.75) is 65.1 Å². The molecule has 0 heterocycles. The number of nitrogens with one attached hydrogen (secondary N) is 2. The van der Waals surface area contributed by atoms with Gasteiger partial charge in [0.15, 0.2) is 0 Å². The molecule has 116 valence electrons. The topological polar surface area (TPSA) is 87.7 Å². The van der Waals surface area contributed by atoms with Gasteiger partial charge in [0, 0.05) is 18.1 Å². The van der Waals surface area contributed by atoms with Crippen molar-refractivity contribution in [2.24, 2.45) is 5.41 Å². The Hall–Kier alpha value is -1.30. The maximum atomic E-state index is 12.0. The van der Waals surface area contributed by atoms with Crippen LogP contribution >= 0.6 is 0 Å². The summed E-state index contributed by atoms with van der Waals surface area (Å²) in [5, 5.41) is 14.5. The molecule has 3 atom stereocenters. The first kappa shape index (κ1) is 16.8. The minimum Gasteiger partial charge on any atom is -0.480 e. The lowest BCUT2D eigenvalue weighted by Crippen LogP contribution is -2.65. The summed E-state index contributed by atoms with van der Waals surface area (Å²) in [4.78, 5) is 23.1. The van der Waals surface area contributed by atoms with Gasteiger partial charge in [0.25, 0.3) is 0 Å². The summed E-state index contributed by atoms with van der Waals surface area (Å²) in [6.45, 7) is 9.91. The van der Waals surface area contributed by atoms with Crippen molar-refractivity contribution in [1.29, 1.82) is 0 Å². The molecule has 1 rings (SSSR count). The number of rotatable bonds is 6. The molecule has 0 spiro atoms. The largest absolute Gasteiger partial charge is 0.480 e. The summed E-state index contributed by atoms with van der Waals surface area (Å²) < 4.78 is 5.60. The van der Waals surface area contributed by atoms with Crippen LogP contribution in [0, 0.1) is 5.41 Å². The van der Waals surface area contributed by atoms with Crippen LogP contribution in [0.1, 0.15) is 47.5 Å². The third-order valence-electron chi connectivity index (χ3n) is 4.42. The van der Waals surface area contributed by atoms with Gasteiger partial charge in [-0.25, -0.2) is 9.59 Å². The van der Waals surface area contributed by atoms with E-state index in [0.29, 0.717) is 13.0 Å². The molecular formula is C14H26N2O4. The lowest BCUT2D eigenvalue weighted by atomic mass is 9.64. The third kappa shape index (κ3) is 3.23. The monoisotopic (exact) mass is 286 g/mol. The Labute approximate surface area is 120 Å². The molecule has 1 fully saturated rings. The van der Waals surface area contributed by atoms with Gasteiger partial charge in [-0.1, -0.05) is 20.8 Å². The van der Waals surface area contributed by atoms with Crippen LogP contribution in [0.3, 0.4) is 0 Å². The van der Waals surface area contributed by atoms with Gasteiger partial charge >= 0.3 is 12.0 Å². The number of aliphatic carboxylic acids is 1. The normalized spacial score (nSPS) is 27.1. The molecule has 0 aliphatic heterocycles. The summed E-state index contributed by atoms with van der Waals surface area (Å²) in [6, 6.07) is -0.446. The second-order valence-electron chi connectivity index (χ2n) is 6.14. The number of hydrogen-bond acceptors (Lipinski definition) is 3. The molecule has 6 heteroatoms. The zero-order chi connectivity index (χ0) is 15.6. The zero-order valence-corrected chi connectivity index (χ0v) is 12.9. The summed E-state index contributed by atoms with van der Waals surface area (Å²) in [5.41, 5.74) is -1.38. The van der Waals surface area contributed by atoms with E-state index in [-0.39, 0.29) is 17.6 Å². The maximum absolute atomic E-state index is 12.0. The average Bonchev–Trinajstić information content (AvgIpc) is 2.37. The summed E-state index contributed by atoms with van der Waals surface area (Å²) in [6.07, 6.45) is 1.21. The van der Waals surface area contributed by atoms with E-state index < -0.39 is 17.5 Å². The second-order valence-corrected chi connectivity index (χ2v) is 6.14. The SMILES string of the molecule is CCOC1CC(NC(=O)NC(C)(CC)C(=O)O)C1(C)C. The minimum atomic E-state index is -1.24. The van der Waals surface area contributed by atoms with Gasteiger partial charge in [0.05, 0.1) is 6.10 Å². The molecular weight excluding hydrogens is 260 g/mol. The summed E-state index contributed by atoms with van der Waals surface area (Å²) in [7, 11) is 0. The van der Waals surface area contributed by atoms with E-state index in [9.17, 15) is 9.59 Å². The number of hydrogen-bond donors (Lipinski definition) is 3. The lowest BCUT2D eigenvalue weighted by molar-refractivity contribution is -0.143. The van der Waals surface area contributed by atoms with Crippen LogP contribution in [-0.4, -0.2) is 41.4 Å². The van der Waals surface area contributed by atoms with Crippen LogP contribution in [0.4, 0.5) is 4.79 Å². The van der Waals surface area contributed by atoms with Crippen LogP contribution in [0.15, 0.2) is 0 Å². The van der Waals surface area contributed by atoms with Gasteiger partial charge < -0.3 is 20.5 Å². The fourth-order valence-electron chi connectivity index (χ4n) is 2.35. The molecule has 1 aliphatic carbocycles. The third-order valence-corrected chi connectivity index (χ3v) is 4.42. The molecule has 0 aromatic heterocycles. The van der Waals surface area contributed by atoms with Crippen molar-refractivity contribution in [1.82, 2.24) is 10.6 Å². The number of urea groups is 1. The molecule has 6 nitrogen and oxygen atoms in total. The molecule has 0 bridgehead atoms. The lowest BCUT2D eigenvalue weighted by Gasteiger charge is -2.51. The van der Waals surface area contributed by atoms with Gasteiger partial charge in [0.1, 0.15) is 5.54 Å². The number of carbonyl (C=O) groups is 2. The van der Waals surface area contributed by atoms with Crippen molar-refractivity contribution >= 4 is 12.0 Å². The number of ether oxygens (including phenoxy) is 1. The first-order valence-electron chi connectivity index (χ1n) is 7.11. The Kier molecular flexibility index (Phi) is 5.02. The van der Waals surface area contributed by atoms with E-state index in [1.807, 2.05) is 20.8 Å². The van der Waals surface area contributed by atoms with Crippen LogP contribution < -0.4 is 10.6 Å². The number of carbonyl (C=O) groups excluding carboxylic acids is 1. The Morgan fingerprint density at radius 1 is 1.40 bits per heavy atom. The van der Waals surface area contributed by atoms with Crippen molar-refractivity contribution < 1.29 is 19.4 Å². The van der Waals surface area contributed by atoms with Crippen LogP contribution in [-0.2, 0) is 9.53 Å². The molecule has 2 amide bonds. The van der Waals surface area contributed by atoms with E-state index in [0.717, 1.165) is 6.42 Å². The van der Waals surface area contributed by atoms with Gasteiger partial charge in [0.2, 0.25) is 0 Å². The fraction of sp³-hybridized carbons (Fsp3) is 0.857. The van der Waals surface area contributed by atoms with E-state index in [4.69, 9.17) is 9.84 Å². The van der Waals surface area contributed by atoms with Gasteiger partial charge in [-0.3, -0.25) is 0 Å². The molecule has 3 unspecified atom stereocenters. The number of carboxylic acid groups (broad SMARTS) is 1. The molecule has 0 radical (unpaired) electrons. The first-order valence-corrected chi connectivity index (χ1v) is 7.11. The van der Waals surface area contributed by atoms with Crippen LogP contribution in [0.2, 0.25) is 0 Å². The average molecular weight is 286 g/mol. The molecule has 0 aromatic carbocycles. The van der Waals surface area contributed by atoms with Gasteiger partial charge in [-0.05, 0) is 26.7 Å². The molecule has 1 saturated carbocycles. The van der Waals surface area contributed by atoms with Crippen LogP contribution in [0.25, 0.3) is 0 Å². The first-order chi connectivity index (χ1) is 9.17. The number of carboxylic acids is 1. The smallest absolute Gasteiger partial charge is 0.329 e. The van der Waals surface area contributed by atoms with Crippen molar-refractivity contribution in [2.75, 3.05) is 6.61 Å². The van der Waals surface area contributed by atoms with Crippen molar-refractivity contribution in [3.8, 4) is 0 Å². The van der Waals surface area contributed by atoms with E-state index >= 15 is 0 Å². The Morgan fingerprint density at radius 2 is 2.00 bits per heavy atom. The predicted octanol–water partition coefficient (Wildman–Crippen LogP) is 1.74. The fourth-order valence-corrected chi connectivity index (χ4v) is 2.35. The standard InChI is InChI=1S/C14H26N2O4/c1-6-14(5,11(17)18)16-12(19)15-9-8-10(20-7-2)13(9,3)4/h9-10H,6-8H2,1-5H3,(H,17,18)(H2,15,16,19). The van der Waals surface area contributed by atoms with Crippen LogP contribution in [0.5, 0.6) is 0 Å². The molecule has 0 aromatic rings. The highest BCUT2D eigenvalue weighted by Gasteiger charge is 2.50. The Morgan fingerprint density at radius 3 is 2.40 bits per heavy atom. The Balaban J connectivity index is 2.55. The highest BCUT2D eigenvalue weighted by molar-refractivity contribution is 5.86. The highest BCUT2D eigenvalue weighted by atomic mass is 16.5. The molecule has 3 N–H and O–H groups in total. The summed E-state index contributed by atoms with van der Waals surface area (Å²) in [5.74, 6) is -1.03. The predicted molar refractivity (Wildman–Crippen MR) is 75.6 cm³/mol. The van der Waals surface area contributed by atoms with Gasteiger partial charge in [-0.2, -0.15) is 0 Å². The highest BCUT2D eigenvalue weighted by Crippen LogP contribution is 2.42. The molecule has 0 saturated heterocycles. The van der Waals surface area contributed by atoms with Crippen molar-refractivity contribution in [3.63, 3.8) is 0 Å². The van der Waals surface area contributed by atoms with Crippen molar-refractivity contribution in [3.05, 3.63) is 0 Å². The van der Waals surface area contributed by atoms with Gasteiger partial charge in [-0.15, -0.1) is 0 Å². The Bertz CT molecular complexity index is 383. The molecule has 1 aliphatic rings. The van der Waals surface area contributed by atoms with E-state index in [2.05, 4.69) is 10.6 Å². The zero-order valence-electron chi connectivity index (χ0n) is 12.9. The molecule has 20 heavy (non-hydrogen) atoms. The maximum Gasteiger partial charge on any atom is 0.329 e. The summed E-state index contributed by atoms with van der Waals surface area (Å²) >= 11 is 0. The quantitative estimate of drug-likeness (QED) is 0.694. The minimum absolute atomic E-state index is 0.00560. The second kappa shape index (κ2) is 5.99. The number of amides is 2. The van der Waals surface area contributed by atoms with E-state index in [1.54, 1.807) is 6.92 Å².